The fourth-order valence-electron chi connectivity index (χ4n) is 11.6. The molecule has 76 heavy (non-hydrogen) atoms. The van der Waals surface area contributed by atoms with Gasteiger partial charge >= 0.3 is 5.97 Å². The average molecular weight is 1050 g/mol. The van der Waals surface area contributed by atoms with Crippen molar-refractivity contribution in [2.75, 3.05) is 48.3 Å². The van der Waals surface area contributed by atoms with Gasteiger partial charge in [0.05, 0.1) is 40.7 Å². The van der Waals surface area contributed by atoms with Gasteiger partial charge in [0.1, 0.15) is 22.7 Å². The highest BCUT2D eigenvalue weighted by atomic mass is 32.1. The molecule has 4 amide bonds. The Balaban J connectivity index is 0.695. The predicted molar refractivity (Wildman–Crippen MR) is 289 cm³/mol. The number of carbonyl (C=O) groups excluding carboxylic acids is 5. The Morgan fingerprint density at radius 2 is 1.70 bits per heavy atom. The molecule has 1 saturated carbocycles. The molecule has 0 bridgehead atoms. The molecule has 1 unspecified atom stereocenters. The molecule has 392 valence electrons. The summed E-state index contributed by atoms with van der Waals surface area (Å²) in [4.78, 5) is 79.1. The number of hydrogen-bond donors (Lipinski definition) is 3. The number of aryl methyl sites for hydroxylation is 2. The summed E-state index contributed by atoms with van der Waals surface area (Å²) in [7, 11) is 1.60. The Hall–Kier alpha value is -7.57. The highest BCUT2D eigenvalue weighted by Crippen LogP contribution is 2.52. The normalized spacial score (nSPS) is 17.8. The summed E-state index contributed by atoms with van der Waals surface area (Å²) in [5.74, 6) is -1.35. The molecule has 1 atom stereocenters. The fourth-order valence-corrected chi connectivity index (χ4v) is 12.4. The van der Waals surface area contributed by atoms with Crippen molar-refractivity contribution in [3.8, 4) is 16.9 Å². The van der Waals surface area contributed by atoms with E-state index in [1.165, 1.54) is 22.1 Å². The number of carbonyl (C=O) groups is 5. The average Bonchev–Trinajstić information content (AvgIpc) is 3.99. The number of halogens is 1. The number of ether oxygens (including phenoxy) is 2. The maximum Gasteiger partial charge on any atom is 0.358 e. The molecule has 11 rings (SSSR count). The number of fused-ring (bicyclic) bond motifs is 3. The van der Waals surface area contributed by atoms with Gasteiger partial charge in [-0.25, -0.2) is 19.2 Å². The molecule has 1 aliphatic carbocycles. The topological polar surface area (TPSA) is 190 Å². The number of pyridine rings is 1. The lowest BCUT2D eigenvalue weighted by molar-refractivity contribution is -0.134. The number of hydrogen-bond acceptors (Lipinski definition) is 13. The van der Waals surface area contributed by atoms with Crippen molar-refractivity contribution >= 4 is 78.7 Å². The molecule has 7 aromatic rings. The van der Waals surface area contributed by atoms with E-state index in [4.69, 9.17) is 14.5 Å². The van der Waals surface area contributed by atoms with Crippen molar-refractivity contribution in [1.29, 1.82) is 0 Å². The first-order valence-electron chi connectivity index (χ1n) is 26.0. The van der Waals surface area contributed by atoms with E-state index >= 15 is 4.39 Å². The summed E-state index contributed by atoms with van der Waals surface area (Å²) in [5.41, 5.74) is 6.15. The van der Waals surface area contributed by atoms with Crippen molar-refractivity contribution in [1.82, 2.24) is 30.0 Å². The lowest BCUT2D eigenvalue weighted by Crippen LogP contribution is -2.49. The standard InChI is InChI=1S/C58H60FN9O7S/c1-33-27-36(74-32-34-28-58(29-34)22-25-67(26-23-58)31-48(70)60-44-18-15-40-50(65-66(5)52(40)49(44)59)41-17-20-47(69)63-54(41)72)13-14-37(33)38-16-19-46(62-51(38)55(73)75-57(2,3)4)68-24-21-35-9-8-10-39(42(35)30-68)53(71)64-56-61-43-11-6-7-12-45(43)76-56/h6-16,18-19,27,34,41H,17,20-26,28-32H2,1-5H3,(H,60,70)(H,61,64,71)(H,63,69,72). The van der Waals surface area contributed by atoms with Gasteiger partial charge in [0.25, 0.3) is 5.91 Å². The van der Waals surface area contributed by atoms with Crippen LogP contribution in [0, 0.1) is 24.1 Å². The van der Waals surface area contributed by atoms with Crippen LogP contribution in [-0.4, -0.2) is 92.6 Å². The molecule has 18 heteroatoms. The number of piperidine rings is 2. The number of benzene rings is 4. The van der Waals surface area contributed by atoms with Gasteiger partial charge in [0.15, 0.2) is 16.6 Å². The van der Waals surface area contributed by atoms with Crippen LogP contribution in [0.15, 0.2) is 84.9 Å². The van der Waals surface area contributed by atoms with Crippen molar-refractivity contribution < 1.29 is 37.8 Å². The van der Waals surface area contributed by atoms with Crippen molar-refractivity contribution in [2.24, 2.45) is 18.4 Å². The number of imide groups is 1. The third-order valence-corrected chi connectivity index (χ3v) is 16.3. The number of nitrogens with zero attached hydrogens (tertiary/aromatic N) is 6. The molecule has 4 aliphatic rings. The van der Waals surface area contributed by atoms with Gasteiger partial charge in [-0.1, -0.05) is 41.7 Å². The third-order valence-electron chi connectivity index (χ3n) is 15.3. The van der Waals surface area contributed by atoms with Crippen LogP contribution in [0.5, 0.6) is 5.75 Å². The highest BCUT2D eigenvalue weighted by Gasteiger charge is 2.46. The Morgan fingerprint density at radius 3 is 2.46 bits per heavy atom. The predicted octanol–water partition coefficient (Wildman–Crippen LogP) is 9.49. The maximum absolute atomic E-state index is 15.9. The van der Waals surface area contributed by atoms with Gasteiger partial charge in [-0.3, -0.25) is 39.4 Å². The van der Waals surface area contributed by atoms with Crippen LogP contribution >= 0.6 is 11.3 Å². The number of rotatable bonds is 12. The number of esters is 1. The number of para-hydroxylation sites is 1. The van der Waals surface area contributed by atoms with Crippen LogP contribution < -0.4 is 25.6 Å². The molecule has 3 aromatic heterocycles. The molecular formula is C58H60FN9O7S. The summed E-state index contributed by atoms with van der Waals surface area (Å²) in [6.45, 7) is 10.8. The summed E-state index contributed by atoms with van der Waals surface area (Å²) in [6, 6.07) is 26.6. The minimum absolute atomic E-state index is 0.0501. The first-order valence-corrected chi connectivity index (χ1v) is 26.8. The van der Waals surface area contributed by atoms with Crippen LogP contribution in [0.2, 0.25) is 0 Å². The molecule has 3 N–H and O–H groups in total. The van der Waals surface area contributed by atoms with Gasteiger partial charge in [-0.2, -0.15) is 5.10 Å². The zero-order chi connectivity index (χ0) is 53.0. The number of aromatic nitrogens is 4. The smallest absolute Gasteiger partial charge is 0.358 e. The molecule has 4 aromatic carbocycles. The second kappa shape index (κ2) is 20.2. The van der Waals surface area contributed by atoms with E-state index in [0.29, 0.717) is 71.6 Å². The first-order chi connectivity index (χ1) is 36.5. The Morgan fingerprint density at radius 1 is 0.908 bits per heavy atom. The van der Waals surface area contributed by atoms with Gasteiger partial charge in [-0.15, -0.1) is 0 Å². The van der Waals surface area contributed by atoms with Gasteiger partial charge in [0, 0.05) is 43.1 Å². The zero-order valence-electron chi connectivity index (χ0n) is 43.3. The monoisotopic (exact) mass is 1050 g/mol. The van der Waals surface area contributed by atoms with Crippen LogP contribution in [0.1, 0.15) is 108 Å². The van der Waals surface area contributed by atoms with E-state index in [2.05, 4.69) is 41.9 Å². The summed E-state index contributed by atoms with van der Waals surface area (Å²) in [6.07, 6.45) is 5.19. The minimum Gasteiger partial charge on any atom is -0.493 e. The van der Waals surface area contributed by atoms with Crippen molar-refractivity contribution in [3.63, 3.8) is 0 Å². The third kappa shape index (κ3) is 10.3. The molecule has 2 saturated heterocycles. The molecular weight excluding hydrogens is 986 g/mol. The number of amides is 4. The van der Waals surface area contributed by atoms with Crippen LogP contribution in [0.25, 0.3) is 32.2 Å². The fraction of sp³-hybridized carbons (Fsp3) is 0.379. The van der Waals surface area contributed by atoms with E-state index in [9.17, 15) is 24.0 Å². The van der Waals surface area contributed by atoms with E-state index < -0.39 is 29.2 Å². The van der Waals surface area contributed by atoms with Crippen molar-refractivity contribution in [2.45, 2.75) is 90.7 Å². The van der Waals surface area contributed by atoms with E-state index in [-0.39, 0.29) is 53.0 Å². The molecule has 3 fully saturated rings. The van der Waals surface area contributed by atoms with Gasteiger partial charge < -0.3 is 19.7 Å². The van der Waals surface area contributed by atoms with Crippen LogP contribution in [0.3, 0.4) is 0 Å². The highest BCUT2D eigenvalue weighted by molar-refractivity contribution is 7.22. The number of nitrogens with one attached hydrogen (secondary N) is 3. The Kier molecular flexibility index (Phi) is 13.4. The van der Waals surface area contributed by atoms with E-state index in [0.717, 1.165) is 77.0 Å². The molecule has 16 nitrogen and oxygen atoms in total. The zero-order valence-corrected chi connectivity index (χ0v) is 44.1. The molecule has 1 spiro atoms. The lowest BCUT2D eigenvalue weighted by atomic mass is 9.58. The quantitative estimate of drug-likeness (QED) is 0.0778. The Bertz CT molecular complexity index is 3440. The number of likely N-dealkylation sites (tertiary alicyclic amines) is 1. The lowest BCUT2D eigenvalue weighted by Gasteiger charge is -2.52. The van der Waals surface area contributed by atoms with E-state index in [1.807, 2.05) is 94.4 Å². The Labute approximate surface area is 443 Å². The number of thiazole rings is 1. The van der Waals surface area contributed by atoms with Crippen LogP contribution in [-0.2, 0) is 39.1 Å². The van der Waals surface area contributed by atoms with Crippen LogP contribution in [0.4, 0.5) is 21.0 Å². The summed E-state index contributed by atoms with van der Waals surface area (Å²) >= 11 is 1.44. The molecule has 0 radical (unpaired) electrons. The second-order valence-electron chi connectivity index (χ2n) is 21.8. The summed E-state index contributed by atoms with van der Waals surface area (Å²) in [5, 5.41) is 13.6. The SMILES string of the molecule is Cc1cc(OCC2CC3(CCN(CC(=O)Nc4ccc5c(C6CCC(=O)NC6=O)nn(C)c5c4F)CC3)C2)ccc1-c1ccc(N2CCc3cccc(C(=O)Nc4nc5ccccc5s4)c3C2)nc1C(=O)OC(C)(C)C. The van der Waals surface area contributed by atoms with Crippen molar-refractivity contribution in [3.05, 3.63) is 124 Å². The maximum atomic E-state index is 15.9. The second-order valence-corrected chi connectivity index (χ2v) is 22.9. The first kappa shape index (κ1) is 50.6. The molecule has 6 heterocycles. The molecule has 3 aliphatic heterocycles. The summed E-state index contributed by atoms with van der Waals surface area (Å²) < 4.78 is 30.6. The van der Waals surface area contributed by atoms with E-state index in [1.54, 1.807) is 13.1 Å². The van der Waals surface area contributed by atoms with Gasteiger partial charge in [-0.05, 0) is 167 Å². The minimum atomic E-state index is -0.752. The largest absolute Gasteiger partial charge is 0.493 e. The number of anilines is 3. The van der Waals surface area contributed by atoms with Gasteiger partial charge in [0.2, 0.25) is 17.7 Å².